The monoisotopic (exact) mass is 486 g/mol. The maximum absolute atomic E-state index is 12.2. The van der Waals surface area contributed by atoms with Crippen molar-refractivity contribution in [3.8, 4) is 0 Å². The zero-order valence-corrected chi connectivity index (χ0v) is 20.5. The molecule has 2 aromatic carbocycles. The fourth-order valence-corrected chi connectivity index (χ4v) is 4.19. The summed E-state index contributed by atoms with van der Waals surface area (Å²) in [5.41, 5.74) is 2.75. The van der Waals surface area contributed by atoms with E-state index in [1.165, 1.54) is 6.08 Å². The van der Waals surface area contributed by atoms with E-state index >= 15 is 0 Å². The van der Waals surface area contributed by atoms with Crippen LogP contribution in [-0.4, -0.2) is 66.3 Å². The van der Waals surface area contributed by atoms with Crippen molar-refractivity contribution in [1.29, 1.82) is 0 Å². The highest BCUT2D eigenvalue weighted by atomic mass is 16.5. The number of hydrogen-bond acceptors (Lipinski definition) is 6. The number of nitrogens with one attached hydrogen (secondary N) is 1. The van der Waals surface area contributed by atoms with Gasteiger partial charge in [0.2, 0.25) is 5.91 Å². The van der Waals surface area contributed by atoms with Gasteiger partial charge in [0.1, 0.15) is 5.82 Å². The lowest BCUT2D eigenvalue weighted by Gasteiger charge is -2.24. The van der Waals surface area contributed by atoms with Crippen molar-refractivity contribution in [3.63, 3.8) is 0 Å². The third kappa shape index (κ3) is 8.30. The molecule has 2 N–H and O–H groups in total. The number of carbonyl (C=O) groups is 1. The van der Waals surface area contributed by atoms with E-state index in [1.807, 2.05) is 72.8 Å². The summed E-state index contributed by atoms with van der Waals surface area (Å²) in [5, 5.41) is 13.3. The predicted molar refractivity (Wildman–Crippen MR) is 144 cm³/mol. The van der Waals surface area contributed by atoms with Crippen molar-refractivity contribution < 1.29 is 14.6 Å². The van der Waals surface area contributed by atoms with E-state index < -0.39 is 6.10 Å². The zero-order valence-electron chi connectivity index (χ0n) is 20.5. The van der Waals surface area contributed by atoms with Gasteiger partial charge in [-0.2, -0.15) is 0 Å². The SMILES string of the molecule is O=C(/C=C/c1ccccc1)Nc1ccc(N2CCCN(CC(O)COCc3ccccc3)CC2)nc1. The number of ether oxygens (including phenoxy) is 1. The van der Waals surface area contributed by atoms with Crippen molar-refractivity contribution in [1.82, 2.24) is 9.88 Å². The minimum Gasteiger partial charge on any atom is -0.389 e. The van der Waals surface area contributed by atoms with Gasteiger partial charge in [0, 0.05) is 32.3 Å². The predicted octanol–water partition coefficient (Wildman–Crippen LogP) is 3.82. The molecule has 0 spiro atoms. The molecule has 1 aliphatic rings. The first-order valence-electron chi connectivity index (χ1n) is 12.4. The number of aliphatic hydroxyl groups is 1. The van der Waals surface area contributed by atoms with Crippen LogP contribution in [0.3, 0.4) is 0 Å². The first-order chi connectivity index (χ1) is 17.7. The highest BCUT2D eigenvalue weighted by Crippen LogP contribution is 2.17. The van der Waals surface area contributed by atoms with Crippen LogP contribution in [0, 0.1) is 0 Å². The minimum absolute atomic E-state index is 0.190. The summed E-state index contributed by atoms with van der Waals surface area (Å²) in [6.07, 6.45) is 5.47. The Morgan fingerprint density at radius 2 is 1.78 bits per heavy atom. The van der Waals surface area contributed by atoms with Gasteiger partial charge in [0.15, 0.2) is 0 Å². The van der Waals surface area contributed by atoms with Crippen LogP contribution in [0.1, 0.15) is 17.5 Å². The van der Waals surface area contributed by atoms with E-state index in [9.17, 15) is 9.90 Å². The summed E-state index contributed by atoms with van der Waals surface area (Å²) >= 11 is 0. The average molecular weight is 487 g/mol. The summed E-state index contributed by atoms with van der Waals surface area (Å²) < 4.78 is 5.69. The van der Waals surface area contributed by atoms with Crippen LogP contribution in [0.4, 0.5) is 11.5 Å². The summed E-state index contributed by atoms with van der Waals surface area (Å²) in [6, 6.07) is 23.5. The number of rotatable bonds is 10. The molecule has 7 nitrogen and oxygen atoms in total. The number of amides is 1. The van der Waals surface area contributed by atoms with Gasteiger partial charge >= 0.3 is 0 Å². The summed E-state index contributed by atoms with van der Waals surface area (Å²) in [4.78, 5) is 21.3. The molecule has 36 heavy (non-hydrogen) atoms. The molecule has 188 valence electrons. The molecule has 0 aliphatic carbocycles. The Hall–Kier alpha value is -3.52. The molecular weight excluding hydrogens is 452 g/mol. The average Bonchev–Trinajstić information content (AvgIpc) is 3.15. The van der Waals surface area contributed by atoms with E-state index in [0.29, 0.717) is 25.4 Å². The Bertz CT molecular complexity index is 1090. The first-order valence-corrected chi connectivity index (χ1v) is 12.4. The highest BCUT2D eigenvalue weighted by Gasteiger charge is 2.18. The number of β-amino-alcohol motifs (C(OH)–C–C–N with tert-alkyl or cyclic N) is 1. The summed E-state index contributed by atoms with van der Waals surface area (Å²) in [5.74, 6) is 0.701. The third-order valence-corrected chi connectivity index (χ3v) is 6.05. The molecule has 1 aromatic heterocycles. The molecule has 1 amide bonds. The van der Waals surface area contributed by atoms with Gasteiger partial charge in [-0.25, -0.2) is 4.98 Å². The lowest BCUT2D eigenvalue weighted by Crippen LogP contribution is -2.37. The fraction of sp³-hybridized carbons (Fsp3) is 0.310. The van der Waals surface area contributed by atoms with Crippen molar-refractivity contribution >= 4 is 23.5 Å². The second kappa shape index (κ2) is 13.5. The van der Waals surface area contributed by atoms with Crippen molar-refractivity contribution in [2.75, 3.05) is 49.5 Å². The van der Waals surface area contributed by atoms with Gasteiger partial charge < -0.3 is 20.1 Å². The standard InChI is InChI=1S/C29H34N4O3/c34-27(23-36-22-25-10-5-2-6-11-25)21-32-16-7-17-33(19-18-32)28-14-13-26(20-30-28)31-29(35)15-12-24-8-3-1-4-9-24/h1-6,8-15,20,27,34H,7,16-19,21-23H2,(H,31,35)/b15-12+. The van der Waals surface area contributed by atoms with E-state index in [2.05, 4.69) is 20.1 Å². The van der Waals surface area contributed by atoms with Crippen LogP contribution in [0.15, 0.2) is 85.1 Å². The van der Waals surface area contributed by atoms with Crippen LogP contribution in [0.5, 0.6) is 0 Å². The van der Waals surface area contributed by atoms with Gasteiger partial charge in [-0.3, -0.25) is 9.69 Å². The molecule has 0 bridgehead atoms. The Morgan fingerprint density at radius 1 is 1.00 bits per heavy atom. The Morgan fingerprint density at radius 3 is 2.53 bits per heavy atom. The van der Waals surface area contributed by atoms with Crippen LogP contribution in [0.2, 0.25) is 0 Å². The van der Waals surface area contributed by atoms with Gasteiger partial charge in [-0.1, -0.05) is 60.7 Å². The number of benzene rings is 2. The van der Waals surface area contributed by atoms with E-state index in [-0.39, 0.29) is 5.91 Å². The molecular formula is C29H34N4O3. The minimum atomic E-state index is -0.516. The number of nitrogens with zero attached hydrogens (tertiary/aromatic N) is 3. The summed E-state index contributed by atoms with van der Waals surface area (Å²) in [6.45, 7) is 4.93. The largest absolute Gasteiger partial charge is 0.389 e. The zero-order chi connectivity index (χ0) is 25.0. The van der Waals surface area contributed by atoms with Crippen LogP contribution < -0.4 is 10.2 Å². The second-order valence-corrected chi connectivity index (χ2v) is 8.93. The number of aliphatic hydroxyl groups excluding tert-OH is 1. The summed E-state index contributed by atoms with van der Waals surface area (Å²) in [7, 11) is 0. The van der Waals surface area contributed by atoms with Crippen molar-refractivity contribution in [2.24, 2.45) is 0 Å². The van der Waals surface area contributed by atoms with Gasteiger partial charge in [0.05, 0.1) is 31.2 Å². The Balaban J connectivity index is 1.19. The molecule has 3 aromatic rings. The number of anilines is 2. The molecule has 1 aliphatic heterocycles. The van der Waals surface area contributed by atoms with E-state index in [4.69, 9.17) is 4.74 Å². The topological polar surface area (TPSA) is 77.9 Å². The molecule has 0 saturated carbocycles. The maximum Gasteiger partial charge on any atom is 0.248 e. The number of pyridine rings is 1. The maximum atomic E-state index is 12.2. The van der Waals surface area contributed by atoms with E-state index in [0.717, 1.165) is 49.5 Å². The molecule has 7 heteroatoms. The quantitative estimate of drug-likeness (QED) is 0.424. The number of carbonyl (C=O) groups excluding carboxylic acids is 1. The van der Waals surface area contributed by atoms with Crippen molar-refractivity contribution in [3.05, 3.63) is 96.2 Å². The first kappa shape index (κ1) is 25.6. The fourth-order valence-electron chi connectivity index (χ4n) is 4.19. The van der Waals surface area contributed by atoms with Gasteiger partial charge in [-0.15, -0.1) is 0 Å². The van der Waals surface area contributed by atoms with Crippen molar-refractivity contribution in [2.45, 2.75) is 19.1 Å². The highest BCUT2D eigenvalue weighted by molar-refractivity contribution is 6.01. The van der Waals surface area contributed by atoms with Gasteiger partial charge in [-0.05, 0) is 42.3 Å². The molecule has 4 rings (SSSR count). The normalized spacial score (nSPS) is 15.5. The number of aromatic nitrogens is 1. The molecule has 1 unspecified atom stereocenters. The Kier molecular flexibility index (Phi) is 9.61. The Labute approximate surface area is 213 Å². The molecule has 1 fully saturated rings. The molecule has 1 saturated heterocycles. The van der Waals surface area contributed by atoms with Crippen LogP contribution in [-0.2, 0) is 16.1 Å². The molecule has 0 radical (unpaired) electrons. The number of hydrogen-bond donors (Lipinski definition) is 2. The van der Waals surface area contributed by atoms with Crippen LogP contribution in [0.25, 0.3) is 6.08 Å². The van der Waals surface area contributed by atoms with E-state index in [1.54, 1.807) is 12.3 Å². The van der Waals surface area contributed by atoms with Crippen LogP contribution >= 0.6 is 0 Å². The second-order valence-electron chi connectivity index (χ2n) is 8.93. The third-order valence-electron chi connectivity index (χ3n) is 6.05. The lowest BCUT2D eigenvalue weighted by atomic mass is 10.2. The van der Waals surface area contributed by atoms with Gasteiger partial charge in [0.25, 0.3) is 0 Å². The lowest BCUT2D eigenvalue weighted by molar-refractivity contribution is -0.111. The molecule has 1 atom stereocenters. The molecule has 2 heterocycles. The smallest absolute Gasteiger partial charge is 0.248 e.